The molecule has 0 aliphatic carbocycles. The number of thioether (sulfide) groups is 1. The molecule has 0 bridgehead atoms. The largest absolute Gasteiger partial charge is 0.308 e. The molecule has 0 aromatic rings. The summed E-state index contributed by atoms with van der Waals surface area (Å²) >= 11 is 2.05. The Kier molecular flexibility index (Phi) is 2.07. The van der Waals surface area contributed by atoms with E-state index in [1.807, 2.05) is 11.8 Å². The fourth-order valence-corrected chi connectivity index (χ4v) is 2.39. The first-order valence-electron chi connectivity index (χ1n) is 3.46. The maximum absolute atomic E-state index is 3.53. The van der Waals surface area contributed by atoms with E-state index in [4.69, 9.17) is 0 Å². The Labute approximate surface area is 61.6 Å². The number of rotatable bonds is 0. The smallest absolute Gasteiger partial charge is 0.0218 e. The van der Waals surface area contributed by atoms with Gasteiger partial charge in [-0.15, -0.1) is 0 Å². The Morgan fingerprint density at radius 2 is 2.22 bits per heavy atom. The van der Waals surface area contributed by atoms with Crippen LogP contribution in [0.2, 0.25) is 0 Å². The predicted molar refractivity (Wildman–Crippen MR) is 44.0 cm³/mol. The molecule has 1 fully saturated rings. The second-order valence-corrected chi connectivity index (χ2v) is 4.47. The average molecular weight is 145 g/mol. The fourth-order valence-electron chi connectivity index (χ4n) is 1.24. The quantitative estimate of drug-likeness (QED) is 0.554. The minimum atomic E-state index is 0.363. The Hall–Kier alpha value is 0.310. The number of hydrogen-bond acceptors (Lipinski definition) is 2. The van der Waals surface area contributed by atoms with Crippen molar-refractivity contribution in [1.82, 2.24) is 5.32 Å². The van der Waals surface area contributed by atoms with Gasteiger partial charge in [-0.2, -0.15) is 11.8 Å². The lowest BCUT2D eigenvalue weighted by Crippen LogP contribution is -2.51. The van der Waals surface area contributed by atoms with E-state index in [1.54, 1.807) is 0 Å². The summed E-state index contributed by atoms with van der Waals surface area (Å²) in [5.74, 6) is 2.51. The van der Waals surface area contributed by atoms with E-state index in [-0.39, 0.29) is 0 Å². The average Bonchev–Trinajstić information content (AvgIpc) is 1.60. The van der Waals surface area contributed by atoms with E-state index >= 15 is 0 Å². The second kappa shape index (κ2) is 2.51. The van der Waals surface area contributed by atoms with Crippen molar-refractivity contribution in [3.8, 4) is 0 Å². The maximum Gasteiger partial charge on any atom is 0.0218 e. The molecule has 0 aromatic heterocycles. The Bertz CT molecular complexity index is 101. The molecule has 0 spiro atoms. The second-order valence-electron chi connectivity index (χ2n) is 3.44. The SMILES string of the molecule is CC1CSCC(C)(C)N1. The van der Waals surface area contributed by atoms with Gasteiger partial charge < -0.3 is 5.32 Å². The summed E-state index contributed by atoms with van der Waals surface area (Å²) in [5, 5.41) is 3.53. The lowest BCUT2D eigenvalue weighted by Gasteiger charge is -2.34. The molecule has 1 aliphatic heterocycles. The van der Waals surface area contributed by atoms with Gasteiger partial charge in [-0.25, -0.2) is 0 Å². The first kappa shape index (κ1) is 7.42. The molecule has 0 radical (unpaired) electrons. The van der Waals surface area contributed by atoms with Crippen molar-refractivity contribution in [2.45, 2.75) is 32.4 Å². The molecule has 1 aliphatic rings. The van der Waals surface area contributed by atoms with Crippen LogP contribution in [0.25, 0.3) is 0 Å². The highest BCUT2D eigenvalue weighted by molar-refractivity contribution is 7.99. The van der Waals surface area contributed by atoms with Crippen molar-refractivity contribution in [2.24, 2.45) is 0 Å². The van der Waals surface area contributed by atoms with Gasteiger partial charge in [0.05, 0.1) is 0 Å². The molecule has 1 N–H and O–H groups in total. The highest BCUT2D eigenvalue weighted by Crippen LogP contribution is 2.19. The van der Waals surface area contributed by atoms with E-state index in [2.05, 4.69) is 26.1 Å². The van der Waals surface area contributed by atoms with Crippen molar-refractivity contribution < 1.29 is 0 Å². The minimum Gasteiger partial charge on any atom is -0.308 e. The van der Waals surface area contributed by atoms with Gasteiger partial charge in [0.1, 0.15) is 0 Å². The first-order chi connectivity index (χ1) is 4.10. The zero-order chi connectivity index (χ0) is 6.91. The third kappa shape index (κ3) is 2.18. The van der Waals surface area contributed by atoms with Gasteiger partial charge in [0.25, 0.3) is 0 Å². The van der Waals surface area contributed by atoms with Gasteiger partial charge in [0.2, 0.25) is 0 Å². The Morgan fingerprint density at radius 3 is 2.56 bits per heavy atom. The van der Waals surface area contributed by atoms with Crippen molar-refractivity contribution in [3.63, 3.8) is 0 Å². The summed E-state index contributed by atoms with van der Waals surface area (Å²) < 4.78 is 0. The molecular formula is C7H15NS. The van der Waals surface area contributed by atoms with E-state index in [0.29, 0.717) is 11.6 Å². The third-order valence-electron chi connectivity index (χ3n) is 1.47. The van der Waals surface area contributed by atoms with Crippen molar-refractivity contribution in [1.29, 1.82) is 0 Å². The first-order valence-corrected chi connectivity index (χ1v) is 4.61. The van der Waals surface area contributed by atoms with E-state index in [9.17, 15) is 0 Å². The van der Waals surface area contributed by atoms with Crippen LogP contribution in [0.15, 0.2) is 0 Å². The molecule has 1 heterocycles. The van der Waals surface area contributed by atoms with Crippen LogP contribution in [-0.4, -0.2) is 23.1 Å². The third-order valence-corrected chi connectivity index (χ3v) is 3.13. The van der Waals surface area contributed by atoms with Crippen molar-refractivity contribution in [2.75, 3.05) is 11.5 Å². The van der Waals surface area contributed by atoms with Crippen LogP contribution >= 0.6 is 11.8 Å². The molecule has 1 saturated heterocycles. The summed E-state index contributed by atoms with van der Waals surface area (Å²) in [6, 6.07) is 0.693. The van der Waals surface area contributed by atoms with Gasteiger partial charge in [-0.05, 0) is 20.8 Å². The number of hydrogen-bond donors (Lipinski definition) is 1. The van der Waals surface area contributed by atoms with Gasteiger partial charge >= 0.3 is 0 Å². The zero-order valence-corrected chi connectivity index (χ0v) is 7.22. The molecule has 54 valence electrons. The Balaban J connectivity index is 2.41. The Morgan fingerprint density at radius 1 is 1.56 bits per heavy atom. The lowest BCUT2D eigenvalue weighted by atomic mass is 10.1. The zero-order valence-electron chi connectivity index (χ0n) is 6.40. The van der Waals surface area contributed by atoms with Crippen LogP contribution in [0, 0.1) is 0 Å². The summed E-state index contributed by atoms with van der Waals surface area (Å²) in [6.07, 6.45) is 0. The molecule has 0 amide bonds. The topological polar surface area (TPSA) is 12.0 Å². The molecule has 2 heteroatoms. The van der Waals surface area contributed by atoms with Crippen LogP contribution in [0.1, 0.15) is 20.8 Å². The molecule has 1 unspecified atom stereocenters. The minimum absolute atomic E-state index is 0.363. The summed E-state index contributed by atoms with van der Waals surface area (Å²) in [6.45, 7) is 6.76. The van der Waals surface area contributed by atoms with E-state index in [0.717, 1.165) is 0 Å². The summed E-state index contributed by atoms with van der Waals surface area (Å²) in [4.78, 5) is 0. The molecule has 0 aromatic carbocycles. The van der Waals surface area contributed by atoms with Crippen LogP contribution in [0.5, 0.6) is 0 Å². The standard InChI is InChI=1S/C7H15NS/c1-6-4-9-5-7(2,3)8-6/h6,8H,4-5H2,1-3H3. The lowest BCUT2D eigenvalue weighted by molar-refractivity contribution is 0.384. The highest BCUT2D eigenvalue weighted by Gasteiger charge is 2.24. The molecule has 1 nitrogen and oxygen atoms in total. The van der Waals surface area contributed by atoms with Crippen LogP contribution in [0.4, 0.5) is 0 Å². The predicted octanol–water partition coefficient (Wildman–Crippen LogP) is 1.49. The fraction of sp³-hybridized carbons (Fsp3) is 1.00. The maximum atomic E-state index is 3.53. The van der Waals surface area contributed by atoms with Crippen LogP contribution < -0.4 is 5.32 Å². The highest BCUT2D eigenvalue weighted by atomic mass is 32.2. The molecule has 0 saturated carbocycles. The van der Waals surface area contributed by atoms with E-state index < -0.39 is 0 Å². The monoisotopic (exact) mass is 145 g/mol. The van der Waals surface area contributed by atoms with Crippen LogP contribution in [0.3, 0.4) is 0 Å². The van der Waals surface area contributed by atoms with Crippen molar-refractivity contribution >= 4 is 11.8 Å². The summed E-state index contributed by atoms with van der Waals surface area (Å²) in [5.41, 5.74) is 0.363. The normalized spacial score (nSPS) is 34.3. The van der Waals surface area contributed by atoms with Crippen molar-refractivity contribution in [3.05, 3.63) is 0 Å². The van der Waals surface area contributed by atoms with Gasteiger partial charge in [0.15, 0.2) is 0 Å². The molecule has 1 atom stereocenters. The number of nitrogens with one attached hydrogen (secondary N) is 1. The van der Waals surface area contributed by atoms with Gasteiger partial charge in [0, 0.05) is 23.1 Å². The molecule has 9 heavy (non-hydrogen) atoms. The molecule has 1 rings (SSSR count). The summed E-state index contributed by atoms with van der Waals surface area (Å²) in [7, 11) is 0. The van der Waals surface area contributed by atoms with Gasteiger partial charge in [-0.1, -0.05) is 0 Å². The van der Waals surface area contributed by atoms with E-state index in [1.165, 1.54) is 11.5 Å². The van der Waals surface area contributed by atoms with Crippen LogP contribution in [-0.2, 0) is 0 Å². The van der Waals surface area contributed by atoms with Gasteiger partial charge in [-0.3, -0.25) is 0 Å². The molecular weight excluding hydrogens is 130 g/mol.